The van der Waals surface area contributed by atoms with Crippen LogP contribution in [0.1, 0.15) is 15.2 Å². The summed E-state index contributed by atoms with van der Waals surface area (Å²) in [7, 11) is 0. The Balaban J connectivity index is 3.58. The number of carbonyl (C=O) groups is 2. The maximum absolute atomic E-state index is 9.97. The first-order valence-electron chi connectivity index (χ1n) is 2.22. The summed E-state index contributed by atoms with van der Waals surface area (Å²) in [5.41, 5.74) is 0. The molecule has 0 heterocycles. The first-order chi connectivity index (χ1) is 3.18. The molecule has 2 nitrogen and oxygen atoms in total. The molecule has 0 spiro atoms. The minimum Gasteiger partial charge on any atom is -0.291 e. The molecule has 0 N–H and O–H groups in total. The van der Waals surface area contributed by atoms with Crippen LogP contribution < -0.4 is 0 Å². The van der Waals surface area contributed by atoms with Gasteiger partial charge in [-0.2, -0.15) is 0 Å². The van der Waals surface area contributed by atoms with Gasteiger partial charge in [-0.1, -0.05) is 0 Å². The van der Waals surface area contributed by atoms with Crippen LogP contribution in [-0.4, -0.2) is 11.6 Å². The highest BCUT2D eigenvalue weighted by atomic mass is 16.2. The van der Waals surface area contributed by atoms with Crippen LogP contribution in [0.4, 0.5) is 0 Å². The van der Waals surface area contributed by atoms with Crippen LogP contribution in [0.15, 0.2) is 0 Å². The van der Waals surface area contributed by atoms with E-state index in [-0.39, 0.29) is 0 Å². The highest BCUT2D eigenvalue weighted by molar-refractivity contribution is 6.35. The van der Waals surface area contributed by atoms with E-state index in [1.807, 2.05) is 0 Å². The van der Waals surface area contributed by atoms with E-state index in [9.17, 15) is 9.59 Å². The van der Waals surface area contributed by atoms with Gasteiger partial charge in [0.25, 0.3) is 0 Å². The number of hydrogen-bond acceptors (Lipinski definition) is 2. The predicted octanol–water partition coefficient (Wildman–Crippen LogP) is 0.164. The Morgan fingerprint density at radius 3 is 2.00 bits per heavy atom. The zero-order valence-corrected chi connectivity index (χ0v) is 3.52. The molecule has 0 radical (unpaired) electrons. The average molecular weight is 87.1 g/mol. The molecule has 0 aliphatic rings. The molecule has 0 amide bonds. The van der Waals surface area contributed by atoms with E-state index in [4.69, 9.17) is 1.37 Å². The largest absolute Gasteiger partial charge is 0.291 e. The van der Waals surface area contributed by atoms with Crippen molar-refractivity contribution in [3.05, 3.63) is 0 Å². The summed E-state index contributed by atoms with van der Waals surface area (Å²) in [4.78, 5) is 19.9. The van der Waals surface area contributed by atoms with E-state index in [1.54, 1.807) is 0 Å². The van der Waals surface area contributed by atoms with Gasteiger partial charge < -0.3 is 0 Å². The lowest BCUT2D eigenvalue weighted by atomic mass is 10.3. The molecule has 0 rings (SSSR count). The van der Waals surface area contributed by atoms with Gasteiger partial charge in [-0.25, -0.2) is 0 Å². The van der Waals surface area contributed by atoms with E-state index in [1.165, 1.54) is 0 Å². The lowest BCUT2D eigenvalue weighted by Gasteiger charge is -1.73. The Morgan fingerprint density at radius 1 is 1.50 bits per heavy atom. The van der Waals surface area contributed by atoms with Gasteiger partial charge in [0.15, 0.2) is 11.6 Å². The second kappa shape index (κ2) is 1.70. The van der Waals surface area contributed by atoms with Crippen LogP contribution in [0.25, 0.3) is 0 Å². The summed E-state index contributed by atoms with van der Waals surface area (Å²) in [6, 6.07) is 0. The van der Waals surface area contributed by atoms with Crippen LogP contribution in [-0.2, 0) is 9.59 Å². The normalized spacial score (nSPS) is 9.83. The van der Waals surface area contributed by atoms with Crippen LogP contribution in [0.5, 0.6) is 0 Å². The zero-order chi connectivity index (χ0) is 5.86. The van der Waals surface area contributed by atoms with E-state index >= 15 is 0 Å². The molecule has 0 atom stereocenters. The molecular formula is C4H6O2. The Hall–Kier alpha value is -0.660. The first kappa shape index (κ1) is 3.53. The summed E-state index contributed by atoms with van der Waals surface area (Å²) >= 11 is 0. The summed E-state index contributed by atoms with van der Waals surface area (Å²) < 4.78 is 6.37. The fourth-order valence-corrected chi connectivity index (χ4v) is 0. The Labute approximate surface area is 37.6 Å². The highest BCUT2D eigenvalue weighted by Gasteiger charge is 1.94. The van der Waals surface area contributed by atoms with Crippen molar-refractivity contribution < 1.29 is 11.0 Å². The molecule has 0 aromatic heterocycles. The van der Waals surface area contributed by atoms with Crippen molar-refractivity contribution in [1.82, 2.24) is 0 Å². The van der Waals surface area contributed by atoms with Crippen molar-refractivity contribution >= 4 is 11.6 Å². The molecule has 0 bridgehead atoms. The summed E-state index contributed by atoms with van der Waals surface area (Å²) in [5, 5.41) is 0. The summed E-state index contributed by atoms with van der Waals surface area (Å²) in [6.45, 7) is 0.742. The molecule has 0 aliphatic heterocycles. The molecule has 0 saturated carbocycles. The number of hydrogen-bond donors (Lipinski definition) is 0. The van der Waals surface area contributed by atoms with Gasteiger partial charge in [-0.15, -0.1) is 0 Å². The standard InChI is InChI=1S/C4H6O2/c1-3(5)4(2)6/h1-2H3/i1D. The molecule has 0 unspecified atom stereocenters. The molecule has 0 saturated heterocycles. The highest BCUT2D eigenvalue weighted by Crippen LogP contribution is 1.66. The first-order valence-corrected chi connectivity index (χ1v) is 1.51. The summed E-state index contributed by atoms with van der Waals surface area (Å²) in [6.07, 6.45) is 0. The number of carbonyl (C=O) groups excluding carboxylic acids is 2. The van der Waals surface area contributed by atoms with Crippen molar-refractivity contribution in [3.63, 3.8) is 0 Å². The third-order valence-corrected chi connectivity index (χ3v) is 0.393. The van der Waals surface area contributed by atoms with E-state index in [0.29, 0.717) is 0 Å². The number of ketones is 2. The van der Waals surface area contributed by atoms with E-state index in [0.717, 1.165) is 6.92 Å². The van der Waals surface area contributed by atoms with Crippen LogP contribution in [0, 0.1) is 0 Å². The molecule has 0 fully saturated rings. The van der Waals surface area contributed by atoms with Gasteiger partial charge in [0.05, 0.1) is 0 Å². The number of Topliss-reactive ketones (excluding diaryl/α,β-unsaturated/α-hetero) is 2. The van der Waals surface area contributed by atoms with E-state index in [2.05, 4.69) is 0 Å². The van der Waals surface area contributed by atoms with Gasteiger partial charge in [-0.3, -0.25) is 9.59 Å². The predicted molar refractivity (Wildman–Crippen MR) is 21.4 cm³/mol. The molecule has 0 aromatic carbocycles. The lowest BCUT2D eigenvalue weighted by Crippen LogP contribution is -2.01. The van der Waals surface area contributed by atoms with Crippen molar-refractivity contribution in [1.29, 1.82) is 0 Å². The third-order valence-electron chi connectivity index (χ3n) is 0.393. The molecule has 0 aliphatic carbocycles. The minimum absolute atomic E-state index is 0.421. The zero-order valence-electron chi connectivity index (χ0n) is 4.52. The minimum atomic E-state index is -0.625. The second-order valence-corrected chi connectivity index (χ2v) is 0.979. The Bertz CT molecular complexity index is 97.9. The fraction of sp³-hybridized carbons (Fsp3) is 0.500. The molecule has 2 heteroatoms. The van der Waals surface area contributed by atoms with Crippen LogP contribution >= 0.6 is 0 Å². The molecular weight excluding hydrogens is 80.0 g/mol. The smallest absolute Gasteiger partial charge is 0.195 e. The Kier molecular flexibility index (Phi) is 0.998. The average Bonchev–Trinajstić information content (AvgIpc) is 1.65. The van der Waals surface area contributed by atoms with Gasteiger partial charge in [0, 0.05) is 15.2 Å². The summed E-state index contributed by atoms with van der Waals surface area (Å²) in [5.74, 6) is -1.16. The Morgan fingerprint density at radius 2 is 2.00 bits per heavy atom. The van der Waals surface area contributed by atoms with Gasteiger partial charge >= 0.3 is 0 Å². The third kappa shape index (κ3) is 1.64. The second-order valence-electron chi connectivity index (χ2n) is 0.979. The van der Waals surface area contributed by atoms with Crippen molar-refractivity contribution in [3.8, 4) is 0 Å². The molecule has 34 valence electrons. The SMILES string of the molecule is [2H]CC(=O)C(C)=O. The lowest BCUT2D eigenvalue weighted by molar-refractivity contribution is -0.134. The van der Waals surface area contributed by atoms with Crippen molar-refractivity contribution in [2.75, 3.05) is 0 Å². The van der Waals surface area contributed by atoms with E-state index < -0.39 is 18.5 Å². The molecule has 6 heavy (non-hydrogen) atoms. The van der Waals surface area contributed by atoms with Gasteiger partial charge in [0.2, 0.25) is 0 Å². The maximum Gasteiger partial charge on any atom is 0.195 e. The topological polar surface area (TPSA) is 34.1 Å². The van der Waals surface area contributed by atoms with Gasteiger partial charge in [0.1, 0.15) is 0 Å². The number of rotatable bonds is 1. The van der Waals surface area contributed by atoms with Crippen LogP contribution in [0.3, 0.4) is 0 Å². The maximum atomic E-state index is 9.97. The molecule has 0 aromatic rings. The quantitative estimate of drug-likeness (QED) is 0.427. The fourth-order valence-electron chi connectivity index (χ4n) is 0. The van der Waals surface area contributed by atoms with Gasteiger partial charge in [-0.05, 0) is 0 Å². The van der Waals surface area contributed by atoms with Crippen LogP contribution in [0.2, 0.25) is 0 Å². The van der Waals surface area contributed by atoms with Crippen molar-refractivity contribution in [2.45, 2.75) is 13.8 Å². The van der Waals surface area contributed by atoms with Crippen molar-refractivity contribution in [2.24, 2.45) is 0 Å². The monoisotopic (exact) mass is 87.0 g/mol.